The number of rotatable bonds is 15. The average Bonchev–Trinajstić information content (AvgIpc) is 2.70. The van der Waals surface area contributed by atoms with Gasteiger partial charge in [0.15, 0.2) is 0 Å². The molecule has 0 aromatic rings. The molecule has 0 aliphatic heterocycles. The topological polar surface area (TPSA) is 231 Å². The Balaban J connectivity index is 5.63. The van der Waals surface area contributed by atoms with Crippen molar-refractivity contribution >= 4 is 35.6 Å². The molecule has 0 heterocycles. The molecule has 33 heavy (non-hydrogen) atoms. The molecule has 4 amide bonds. The quantitative estimate of drug-likeness (QED) is 0.143. The van der Waals surface area contributed by atoms with Crippen LogP contribution >= 0.6 is 0 Å². The summed E-state index contributed by atoms with van der Waals surface area (Å²) in [6.07, 6.45) is -0.816. The molecule has 9 N–H and O–H groups in total. The predicted octanol–water partition coefficient (Wildman–Crippen LogP) is -1.70. The van der Waals surface area contributed by atoms with Gasteiger partial charge in [0.1, 0.15) is 18.1 Å². The number of primary amides is 1. The van der Waals surface area contributed by atoms with E-state index in [0.29, 0.717) is 6.42 Å². The van der Waals surface area contributed by atoms with Gasteiger partial charge >= 0.3 is 11.9 Å². The molecule has 13 heteroatoms. The first-order valence-electron chi connectivity index (χ1n) is 10.6. The summed E-state index contributed by atoms with van der Waals surface area (Å²) in [7, 11) is 0. The molecule has 0 rings (SSSR count). The lowest BCUT2D eigenvalue weighted by molar-refractivity contribution is -0.144. The minimum Gasteiger partial charge on any atom is -0.481 e. The van der Waals surface area contributed by atoms with Crippen LogP contribution in [0.5, 0.6) is 0 Å². The normalized spacial score (nSPS) is 15.5. The minimum absolute atomic E-state index is 0.311. The van der Waals surface area contributed by atoms with Crippen molar-refractivity contribution in [2.75, 3.05) is 0 Å². The number of carboxylic acids is 2. The lowest BCUT2D eigenvalue weighted by Crippen LogP contribution is -2.59. The first-order valence-corrected chi connectivity index (χ1v) is 10.6. The van der Waals surface area contributed by atoms with E-state index in [1.54, 1.807) is 27.7 Å². The molecule has 0 aliphatic carbocycles. The minimum atomic E-state index is -1.37. The summed E-state index contributed by atoms with van der Waals surface area (Å²) >= 11 is 0. The molecule has 0 radical (unpaired) electrons. The number of nitrogens with one attached hydrogen (secondary N) is 3. The summed E-state index contributed by atoms with van der Waals surface area (Å²) in [4.78, 5) is 71.3. The summed E-state index contributed by atoms with van der Waals surface area (Å²) in [5, 5.41) is 25.4. The smallest absolute Gasteiger partial charge is 0.326 e. The van der Waals surface area contributed by atoms with Crippen LogP contribution in [0.15, 0.2) is 0 Å². The van der Waals surface area contributed by atoms with Crippen LogP contribution in [0.25, 0.3) is 0 Å². The van der Waals surface area contributed by atoms with Crippen molar-refractivity contribution in [3.63, 3.8) is 0 Å². The number of hydrogen-bond acceptors (Lipinski definition) is 7. The summed E-state index contributed by atoms with van der Waals surface area (Å²) in [6.45, 7) is 6.66. The molecule has 0 bridgehead atoms. The van der Waals surface area contributed by atoms with Crippen LogP contribution in [-0.4, -0.2) is 69.9 Å². The molecular weight excluding hydrogens is 438 g/mol. The van der Waals surface area contributed by atoms with Crippen LogP contribution in [0.1, 0.15) is 53.4 Å². The Kier molecular flexibility index (Phi) is 12.7. The summed E-state index contributed by atoms with van der Waals surface area (Å²) < 4.78 is 0. The van der Waals surface area contributed by atoms with E-state index in [0.717, 1.165) is 0 Å². The average molecular weight is 474 g/mol. The Morgan fingerprint density at radius 3 is 1.82 bits per heavy atom. The largest absolute Gasteiger partial charge is 0.481 e. The fourth-order valence-corrected chi connectivity index (χ4v) is 2.84. The van der Waals surface area contributed by atoms with Crippen LogP contribution in [0.3, 0.4) is 0 Å². The maximum Gasteiger partial charge on any atom is 0.326 e. The molecule has 5 atom stereocenters. The molecule has 0 saturated carbocycles. The zero-order valence-electron chi connectivity index (χ0n) is 19.3. The standard InChI is InChI=1S/C20H35N5O8/c1-5-10(4)16(19(31)24-15(9(2)3)20(32)33)25-18(30)12(6-7-14(27)28)23-17(29)11(21)8-13(22)26/h9-12,15-16H,5-8,21H2,1-4H3,(H2,22,26)(H,23,29)(H,24,31)(H,25,30)(H,27,28)(H,32,33). The number of amides is 4. The Hall–Kier alpha value is -3.22. The van der Waals surface area contributed by atoms with Gasteiger partial charge in [0.05, 0.1) is 12.5 Å². The van der Waals surface area contributed by atoms with E-state index in [4.69, 9.17) is 16.6 Å². The van der Waals surface area contributed by atoms with Crippen molar-refractivity contribution in [1.29, 1.82) is 0 Å². The van der Waals surface area contributed by atoms with Crippen LogP contribution in [0.2, 0.25) is 0 Å². The van der Waals surface area contributed by atoms with Gasteiger partial charge in [-0.15, -0.1) is 0 Å². The van der Waals surface area contributed by atoms with E-state index in [1.807, 2.05) is 0 Å². The summed E-state index contributed by atoms with van der Waals surface area (Å²) in [5.74, 6) is -6.60. The molecule has 0 aromatic heterocycles. The van der Waals surface area contributed by atoms with Gasteiger partial charge in [-0.05, 0) is 18.3 Å². The van der Waals surface area contributed by atoms with Crippen molar-refractivity contribution in [1.82, 2.24) is 16.0 Å². The summed E-state index contributed by atoms with van der Waals surface area (Å²) in [5.41, 5.74) is 10.6. The van der Waals surface area contributed by atoms with E-state index in [9.17, 15) is 33.9 Å². The van der Waals surface area contributed by atoms with Crippen molar-refractivity contribution in [2.24, 2.45) is 23.3 Å². The molecule has 0 spiro atoms. The zero-order valence-corrected chi connectivity index (χ0v) is 19.3. The molecule has 0 aromatic carbocycles. The highest BCUT2D eigenvalue weighted by atomic mass is 16.4. The third kappa shape index (κ3) is 10.8. The van der Waals surface area contributed by atoms with Gasteiger partial charge in [-0.3, -0.25) is 24.0 Å². The summed E-state index contributed by atoms with van der Waals surface area (Å²) in [6, 6.07) is -5.05. The van der Waals surface area contributed by atoms with Crippen LogP contribution < -0.4 is 27.4 Å². The number of carbonyl (C=O) groups excluding carboxylic acids is 4. The van der Waals surface area contributed by atoms with E-state index >= 15 is 0 Å². The van der Waals surface area contributed by atoms with E-state index in [1.165, 1.54) is 0 Å². The number of nitrogens with two attached hydrogens (primary N) is 2. The lowest BCUT2D eigenvalue weighted by atomic mass is 9.96. The van der Waals surface area contributed by atoms with Crippen molar-refractivity contribution in [2.45, 2.75) is 77.5 Å². The molecular formula is C20H35N5O8. The lowest BCUT2D eigenvalue weighted by Gasteiger charge is -2.28. The van der Waals surface area contributed by atoms with Crippen molar-refractivity contribution in [3.8, 4) is 0 Å². The van der Waals surface area contributed by atoms with Gasteiger partial charge in [-0.2, -0.15) is 0 Å². The third-order valence-electron chi connectivity index (χ3n) is 5.06. The predicted molar refractivity (Wildman–Crippen MR) is 116 cm³/mol. The van der Waals surface area contributed by atoms with E-state index < -0.39 is 84.4 Å². The molecule has 0 fully saturated rings. The van der Waals surface area contributed by atoms with Gasteiger partial charge in [0, 0.05) is 6.42 Å². The highest BCUT2D eigenvalue weighted by Crippen LogP contribution is 2.11. The number of hydrogen-bond donors (Lipinski definition) is 7. The highest BCUT2D eigenvalue weighted by Gasteiger charge is 2.33. The zero-order chi connectivity index (χ0) is 25.9. The van der Waals surface area contributed by atoms with Crippen LogP contribution in [-0.2, 0) is 28.8 Å². The Labute approximate surface area is 192 Å². The SMILES string of the molecule is CCC(C)C(NC(=O)C(CCC(=O)O)NC(=O)C(N)CC(N)=O)C(=O)NC(C(=O)O)C(C)C. The van der Waals surface area contributed by atoms with Gasteiger partial charge in [0.2, 0.25) is 23.6 Å². The third-order valence-corrected chi connectivity index (χ3v) is 5.06. The number of carboxylic acid groups (broad SMARTS) is 2. The molecule has 0 saturated heterocycles. The van der Waals surface area contributed by atoms with E-state index in [2.05, 4.69) is 16.0 Å². The highest BCUT2D eigenvalue weighted by molar-refractivity contribution is 5.95. The monoisotopic (exact) mass is 473 g/mol. The maximum absolute atomic E-state index is 12.9. The number of aliphatic carboxylic acids is 2. The number of carbonyl (C=O) groups is 6. The fourth-order valence-electron chi connectivity index (χ4n) is 2.84. The fraction of sp³-hybridized carbons (Fsp3) is 0.700. The second kappa shape index (κ2) is 14.0. The Morgan fingerprint density at radius 2 is 1.39 bits per heavy atom. The first kappa shape index (κ1) is 29.8. The second-order valence-corrected chi connectivity index (χ2v) is 8.21. The second-order valence-electron chi connectivity index (χ2n) is 8.21. The Morgan fingerprint density at radius 1 is 0.848 bits per heavy atom. The van der Waals surface area contributed by atoms with Crippen molar-refractivity contribution in [3.05, 3.63) is 0 Å². The first-order chi connectivity index (χ1) is 15.2. The van der Waals surface area contributed by atoms with E-state index in [-0.39, 0.29) is 6.42 Å². The molecule has 188 valence electrons. The van der Waals surface area contributed by atoms with Gasteiger partial charge in [0.25, 0.3) is 0 Å². The van der Waals surface area contributed by atoms with Gasteiger partial charge in [-0.1, -0.05) is 34.1 Å². The van der Waals surface area contributed by atoms with Crippen molar-refractivity contribution < 1.29 is 39.0 Å². The van der Waals surface area contributed by atoms with Crippen LogP contribution in [0.4, 0.5) is 0 Å². The maximum atomic E-state index is 12.9. The van der Waals surface area contributed by atoms with Crippen LogP contribution in [0, 0.1) is 11.8 Å². The molecule has 0 aliphatic rings. The molecule has 5 unspecified atom stereocenters. The van der Waals surface area contributed by atoms with Gasteiger partial charge < -0.3 is 37.6 Å². The molecule has 13 nitrogen and oxygen atoms in total. The van der Waals surface area contributed by atoms with Gasteiger partial charge in [-0.25, -0.2) is 4.79 Å². The Bertz CT molecular complexity index is 742.